The quantitative estimate of drug-likeness (QED) is 0.823. The molecule has 1 aliphatic rings. The lowest BCUT2D eigenvalue weighted by Crippen LogP contribution is -2.24. The van der Waals surface area contributed by atoms with Crippen LogP contribution in [-0.4, -0.2) is 18.6 Å². The predicted molar refractivity (Wildman–Crippen MR) is 72.3 cm³/mol. The highest BCUT2D eigenvalue weighted by Crippen LogP contribution is 2.20. The van der Waals surface area contributed by atoms with E-state index in [0.717, 1.165) is 12.8 Å². The zero-order valence-corrected chi connectivity index (χ0v) is 10.8. The summed E-state index contributed by atoms with van der Waals surface area (Å²) in [6.07, 6.45) is 5.83. The molecule has 1 amide bonds. The summed E-state index contributed by atoms with van der Waals surface area (Å²) in [4.78, 5) is 11.7. The van der Waals surface area contributed by atoms with E-state index in [0.29, 0.717) is 5.69 Å². The van der Waals surface area contributed by atoms with Crippen LogP contribution < -0.4 is 11.1 Å². The Kier molecular flexibility index (Phi) is 4.74. The molecular weight excluding hydrogens is 247 g/mol. The van der Waals surface area contributed by atoms with E-state index in [-0.39, 0.29) is 24.3 Å². The van der Waals surface area contributed by atoms with Gasteiger partial charge in [0.1, 0.15) is 12.4 Å². The van der Waals surface area contributed by atoms with Crippen molar-refractivity contribution in [2.24, 2.45) is 0 Å². The zero-order valence-electron chi connectivity index (χ0n) is 10.8. The molecule has 1 aromatic rings. The van der Waals surface area contributed by atoms with E-state index in [4.69, 9.17) is 10.5 Å². The molecule has 1 aliphatic carbocycles. The molecule has 0 unspecified atom stereocenters. The number of ether oxygens (including phenoxy) is 1. The Bertz CT molecular complexity index is 445. The summed E-state index contributed by atoms with van der Waals surface area (Å²) < 4.78 is 18.5. The van der Waals surface area contributed by atoms with Crippen LogP contribution >= 0.6 is 0 Å². The van der Waals surface area contributed by atoms with Crippen LogP contribution in [0, 0.1) is 5.82 Å². The molecule has 0 atom stereocenters. The van der Waals surface area contributed by atoms with Gasteiger partial charge in [-0.2, -0.15) is 0 Å². The van der Waals surface area contributed by atoms with Gasteiger partial charge >= 0.3 is 0 Å². The van der Waals surface area contributed by atoms with Gasteiger partial charge in [0.05, 0.1) is 11.8 Å². The van der Waals surface area contributed by atoms with E-state index in [9.17, 15) is 9.18 Å². The zero-order chi connectivity index (χ0) is 13.7. The minimum absolute atomic E-state index is 0.0194. The number of hydrogen-bond donors (Lipinski definition) is 2. The third-order valence-electron chi connectivity index (χ3n) is 3.28. The number of nitrogens with one attached hydrogen (secondary N) is 1. The predicted octanol–water partition coefficient (Wildman–Crippen LogP) is 2.70. The Balaban J connectivity index is 1.78. The van der Waals surface area contributed by atoms with Gasteiger partial charge in [-0.15, -0.1) is 0 Å². The van der Waals surface area contributed by atoms with Crippen LogP contribution in [-0.2, 0) is 9.53 Å². The molecule has 0 spiro atoms. The Morgan fingerprint density at radius 2 is 2.11 bits per heavy atom. The summed E-state index contributed by atoms with van der Waals surface area (Å²) in [5, 5.41) is 2.64. The average molecular weight is 266 g/mol. The average Bonchev–Trinajstić information content (AvgIpc) is 2.42. The van der Waals surface area contributed by atoms with Crippen molar-refractivity contribution in [3.8, 4) is 0 Å². The Morgan fingerprint density at radius 1 is 1.37 bits per heavy atom. The van der Waals surface area contributed by atoms with Crippen molar-refractivity contribution in [1.82, 2.24) is 0 Å². The molecule has 5 heteroatoms. The van der Waals surface area contributed by atoms with Crippen LogP contribution in [0.25, 0.3) is 0 Å². The van der Waals surface area contributed by atoms with Gasteiger partial charge in [0.15, 0.2) is 0 Å². The van der Waals surface area contributed by atoms with Crippen molar-refractivity contribution in [1.29, 1.82) is 0 Å². The number of nitrogen functional groups attached to an aromatic ring is 1. The topological polar surface area (TPSA) is 64.3 Å². The lowest BCUT2D eigenvalue weighted by Gasteiger charge is -2.21. The van der Waals surface area contributed by atoms with Crippen molar-refractivity contribution in [2.75, 3.05) is 17.7 Å². The van der Waals surface area contributed by atoms with Crippen LogP contribution in [0.5, 0.6) is 0 Å². The number of anilines is 2. The molecule has 0 aliphatic heterocycles. The van der Waals surface area contributed by atoms with Gasteiger partial charge in [-0.25, -0.2) is 4.39 Å². The van der Waals surface area contributed by atoms with Crippen molar-refractivity contribution in [3.63, 3.8) is 0 Å². The second kappa shape index (κ2) is 6.52. The maximum atomic E-state index is 13.0. The molecule has 0 radical (unpaired) electrons. The first-order valence-electron chi connectivity index (χ1n) is 6.61. The molecule has 0 aromatic heterocycles. The van der Waals surface area contributed by atoms with Gasteiger partial charge in [0, 0.05) is 5.69 Å². The van der Waals surface area contributed by atoms with E-state index >= 15 is 0 Å². The third-order valence-corrected chi connectivity index (χ3v) is 3.28. The summed E-state index contributed by atoms with van der Waals surface area (Å²) >= 11 is 0. The number of amides is 1. The molecule has 0 saturated heterocycles. The van der Waals surface area contributed by atoms with Gasteiger partial charge in [0.2, 0.25) is 5.91 Å². The van der Waals surface area contributed by atoms with Crippen LogP contribution in [0.4, 0.5) is 15.8 Å². The summed E-state index contributed by atoms with van der Waals surface area (Å²) in [5.74, 6) is -0.729. The van der Waals surface area contributed by atoms with Crippen LogP contribution in [0.1, 0.15) is 32.1 Å². The SMILES string of the molecule is Nc1cc(NC(=O)COC2CCCCC2)ccc1F. The molecule has 1 saturated carbocycles. The van der Waals surface area contributed by atoms with Crippen molar-refractivity contribution < 1.29 is 13.9 Å². The van der Waals surface area contributed by atoms with E-state index in [2.05, 4.69) is 5.32 Å². The van der Waals surface area contributed by atoms with Crippen molar-refractivity contribution in [3.05, 3.63) is 24.0 Å². The lowest BCUT2D eigenvalue weighted by molar-refractivity contribution is -0.123. The third kappa shape index (κ3) is 4.21. The smallest absolute Gasteiger partial charge is 0.250 e. The standard InChI is InChI=1S/C14H19FN2O2/c15-12-7-6-10(8-13(12)16)17-14(18)9-19-11-4-2-1-3-5-11/h6-8,11H,1-5,9,16H2,(H,17,18). The summed E-state index contributed by atoms with van der Waals surface area (Å²) in [7, 11) is 0. The first kappa shape index (κ1) is 13.8. The van der Waals surface area contributed by atoms with E-state index in [1.807, 2.05) is 0 Å². The molecule has 104 valence electrons. The molecule has 4 nitrogen and oxygen atoms in total. The fourth-order valence-corrected chi connectivity index (χ4v) is 2.24. The monoisotopic (exact) mass is 266 g/mol. The molecular formula is C14H19FN2O2. The number of rotatable bonds is 4. The maximum absolute atomic E-state index is 13.0. The molecule has 1 fully saturated rings. The molecule has 2 rings (SSSR count). The second-order valence-electron chi connectivity index (χ2n) is 4.86. The number of carbonyl (C=O) groups excluding carboxylic acids is 1. The summed E-state index contributed by atoms with van der Waals surface area (Å²) in [6.45, 7) is 0.0297. The number of nitrogens with two attached hydrogens (primary N) is 1. The number of halogens is 1. The van der Waals surface area contributed by atoms with Crippen LogP contribution in [0.3, 0.4) is 0 Å². The van der Waals surface area contributed by atoms with Crippen LogP contribution in [0.15, 0.2) is 18.2 Å². The minimum atomic E-state index is -0.489. The molecule has 19 heavy (non-hydrogen) atoms. The highest BCUT2D eigenvalue weighted by Gasteiger charge is 2.15. The van der Waals surface area contributed by atoms with Crippen molar-refractivity contribution in [2.45, 2.75) is 38.2 Å². The Morgan fingerprint density at radius 3 is 2.79 bits per heavy atom. The molecule has 0 bridgehead atoms. The van der Waals surface area contributed by atoms with Gasteiger partial charge in [-0.1, -0.05) is 19.3 Å². The molecule has 0 heterocycles. The van der Waals surface area contributed by atoms with E-state index < -0.39 is 5.82 Å². The minimum Gasteiger partial charge on any atom is -0.396 e. The van der Waals surface area contributed by atoms with Crippen molar-refractivity contribution >= 4 is 17.3 Å². The number of carbonyl (C=O) groups is 1. The van der Waals surface area contributed by atoms with Gasteiger partial charge < -0.3 is 15.8 Å². The van der Waals surface area contributed by atoms with E-state index in [1.54, 1.807) is 0 Å². The second-order valence-corrected chi connectivity index (χ2v) is 4.86. The fourth-order valence-electron chi connectivity index (χ4n) is 2.24. The first-order valence-corrected chi connectivity index (χ1v) is 6.61. The summed E-state index contributed by atoms with van der Waals surface area (Å²) in [6, 6.07) is 4.10. The van der Waals surface area contributed by atoms with Gasteiger partial charge in [-0.05, 0) is 31.0 Å². The largest absolute Gasteiger partial charge is 0.396 e. The lowest BCUT2D eigenvalue weighted by atomic mass is 9.98. The van der Waals surface area contributed by atoms with E-state index in [1.165, 1.54) is 37.5 Å². The number of benzene rings is 1. The first-order chi connectivity index (χ1) is 9.15. The van der Waals surface area contributed by atoms with Crippen LogP contribution in [0.2, 0.25) is 0 Å². The fraction of sp³-hybridized carbons (Fsp3) is 0.500. The molecule has 3 N–H and O–H groups in total. The highest BCUT2D eigenvalue weighted by atomic mass is 19.1. The normalized spacial score (nSPS) is 16.3. The Hall–Kier alpha value is -1.62. The Labute approximate surface area is 112 Å². The van der Waals surface area contributed by atoms with Gasteiger partial charge in [0.25, 0.3) is 0 Å². The summed E-state index contributed by atoms with van der Waals surface area (Å²) in [5.41, 5.74) is 5.93. The highest BCUT2D eigenvalue weighted by molar-refractivity contribution is 5.92. The van der Waals surface area contributed by atoms with Gasteiger partial charge in [-0.3, -0.25) is 4.79 Å². The maximum Gasteiger partial charge on any atom is 0.250 e. The molecule has 1 aromatic carbocycles. The number of hydrogen-bond acceptors (Lipinski definition) is 3.